The molecule has 0 atom stereocenters. The van der Waals surface area contributed by atoms with Gasteiger partial charge in [0, 0.05) is 17.8 Å². The van der Waals surface area contributed by atoms with E-state index in [0.29, 0.717) is 12.6 Å². The fourth-order valence-corrected chi connectivity index (χ4v) is 1.56. The van der Waals surface area contributed by atoms with Crippen molar-refractivity contribution in [3.05, 3.63) is 36.2 Å². The average Bonchev–Trinajstić information content (AvgIpc) is 3.07. The van der Waals surface area contributed by atoms with Crippen molar-refractivity contribution >= 4 is 12.4 Å². The molecule has 0 aromatic rings. The van der Waals surface area contributed by atoms with Crippen molar-refractivity contribution in [1.29, 1.82) is 5.41 Å². The fourth-order valence-electron chi connectivity index (χ4n) is 1.56. The van der Waals surface area contributed by atoms with Gasteiger partial charge < -0.3 is 10.7 Å². The number of hydrogen-bond donors (Lipinski definition) is 2. The first-order chi connectivity index (χ1) is 7.76. The van der Waals surface area contributed by atoms with Gasteiger partial charge in [0.25, 0.3) is 0 Å². The van der Waals surface area contributed by atoms with Gasteiger partial charge in [0.1, 0.15) is 0 Å². The quantitative estimate of drug-likeness (QED) is 0.542. The van der Waals surface area contributed by atoms with Crippen molar-refractivity contribution in [2.24, 2.45) is 5.10 Å². The largest absolute Gasteiger partial charge is 0.380 e. The monoisotopic (exact) mass is 216 g/mol. The normalized spacial score (nSPS) is 20.0. The van der Waals surface area contributed by atoms with Gasteiger partial charge in [0.05, 0.1) is 24.2 Å². The number of hydrogen-bond acceptors (Lipinski definition) is 4. The molecule has 1 aliphatic carbocycles. The maximum Gasteiger partial charge on any atom is 0.0714 e. The van der Waals surface area contributed by atoms with Gasteiger partial charge in [0.15, 0.2) is 0 Å². The Labute approximate surface area is 95.5 Å². The first-order valence-corrected chi connectivity index (χ1v) is 5.39. The van der Waals surface area contributed by atoms with E-state index in [9.17, 15) is 0 Å². The maximum atomic E-state index is 7.45. The third-order valence-electron chi connectivity index (χ3n) is 2.62. The van der Waals surface area contributed by atoms with E-state index in [-0.39, 0.29) is 0 Å². The lowest BCUT2D eigenvalue weighted by atomic mass is 10.1. The molecule has 84 valence electrons. The van der Waals surface area contributed by atoms with Gasteiger partial charge in [-0.15, -0.1) is 6.58 Å². The molecule has 1 heterocycles. The second-order valence-corrected chi connectivity index (χ2v) is 3.95. The number of hydrazone groups is 1. The molecule has 0 amide bonds. The van der Waals surface area contributed by atoms with Gasteiger partial charge in [-0.1, -0.05) is 12.7 Å². The van der Waals surface area contributed by atoms with Crippen LogP contribution in [0.3, 0.4) is 0 Å². The summed E-state index contributed by atoms with van der Waals surface area (Å²) in [4.78, 5) is 0. The van der Waals surface area contributed by atoms with Crippen molar-refractivity contribution in [3.8, 4) is 0 Å². The highest BCUT2D eigenvalue weighted by Crippen LogP contribution is 2.24. The highest BCUT2D eigenvalue weighted by Gasteiger charge is 2.25. The first kappa shape index (κ1) is 10.7. The zero-order valence-corrected chi connectivity index (χ0v) is 9.24. The summed E-state index contributed by atoms with van der Waals surface area (Å²) in [6.45, 7) is 8.25. The van der Waals surface area contributed by atoms with Crippen molar-refractivity contribution in [2.75, 3.05) is 6.54 Å². The summed E-state index contributed by atoms with van der Waals surface area (Å²) in [7, 11) is 0. The second kappa shape index (κ2) is 4.35. The summed E-state index contributed by atoms with van der Waals surface area (Å²) in [6.07, 6.45) is 7.26. The second-order valence-electron chi connectivity index (χ2n) is 3.95. The zero-order valence-electron chi connectivity index (χ0n) is 9.24. The lowest BCUT2D eigenvalue weighted by Crippen LogP contribution is -2.29. The Morgan fingerprint density at radius 3 is 2.94 bits per heavy atom. The average molecular weight is 216 g/mol. The smallest absolute Gasteiger partial charge is 0.0714 e. The van der Waals surface area contributed by atoms with Gasteiger partial charge in [-0.2, -0.15) is 5.10 Å². The topological polar surface area (TPSA) is 51.5 Å². The standard InChI is InChI=1S/C12H16N4/c1-3-6-16-9(2)11(7-13)12(8-14-16)15-10-4-5-10/h3,7-8,10,13,15H,1-2,4-6H2. The minimum absolute atomic E-state index is 0.551. The molecule has 2 rings (SSSR count). The van der Waals surface area contributed by atoms with Gasteiger partial charge in [-0.05, 0) is 12.8 Å². The highest BCUT2D eigenvalue weighted by molar-refractivity contribution is 5.94. The molecule has 16 heavy (non-hydrogen) atoms. The minimum atomic E-state index is 0.551. The van der Waals surface area contributed by atoms with Crippen LogP contribution >= 0.6 is 0 Å². The van der Waals surface area contributed by atoms with Crippen LogP contribution in [0.2, 0.25) is 0 Å². The zero-order chi connectivity index (χ0) is 11.5. The van der Waals surface area contributed by atoms with E-state index in [1.165, 1.54) is 19.1 Å². The van der Waals surface area contributed by atoms with Crippen LogP contribution < -0.4 is 5.32 Å². The minimum Gasteiger partial charge on any atom is -0.380 e. The van der Waals surface area contributed by atoms with Gasteiger partial charge >= 0.3 is 0 Å². The predicted octanol–water partition coefficient (Wildman–Crippen LogP) is 1.64. The summed E-state index contributed by atoms with van der Waals surface area (Å²) in [5.74, 6) is 0. The molecule has 1 aliphatic heterocycles. The Hall–Kier alpha value is -1.84. The molecule has 2 N–H and O–H groups in total. The Morgan fingerprint density at radius 1 is 1.62 bits per heavy atom. The Morgan fingerprint density at radius 2 is 2.38 bits per heavy atom. The van der Waals surface area contributed by atoms with Gasteiger partial charge in [-0.3, -0.25) is 5.01 Å². The number of rotatable bonds is 5. The van der Waals surface area contributed by atoms with Gasteiger partial charge in [0.2, 0.25) is 0 Å². The molecule has 0 bridgehead atoms. The molecular weight excluding hydrogens is 200 g/mol. The highest BCUT2D eigenvalue weighted by atomic mass is 15.5. The molecule has 2 aliphatic rings. The summed E-state index contributed by atoms with van der Waals surface area (Å²) < 4.78 is 0. The molecule has 4 nitrogen and oxygen atoms in total. The van der Waals surface area contributed by atoms with E-state index in [0.717, 1.165) is 17.0 Å². The molecule has 0 aromatic heterocycles. The van der Waals surface area contributed by atoms with E-state index in [2.05, 4.69) is 23.6 Å². The number of nitrogens with one attached hydrogen (secondary N) is 2. The summed E-state index contributed by atoms with van der Waals surface area (Å²) >= 11 is 0. The summed E-state index contributed by atoms with van der Waals surface area (Å²) in [6, 6.07) is 0.551. The summed E-state index contributed by atoms with van der Waals surface area (Å²) in [5.41, 5.74) is 2.46. The SMILES string of the molecule is C=CCN1N=CC(NC2CC2)=C(C=N)C1=C. The van der Waals surface area contributed by atoms with Crippen molar-refractivity contribution in [1.82, 2.24) is 10.3 Å². The molecular formula is C12H16N4. The van der Waals surface area contributed by atoms with Crippen LogP contribution in [-0.2, 0) is 0 Å². The van der Waals surface area contributed by atoms with E-state index in [4.69, 9.17) is 5.41 Å². The molecule has 1 fully saturated rings. The lowest BCUT2D eigenvalue weighted by molar-refractivity contribution is 0.413. The Kier molecular flexibility index (Phi) is 2.90. The van der Waals surface area contributed by atoms with Crippen LogP contribution in [0.15, 0.2) is 41.3 Å². The van der Waals surface area contributed by atoms with Crippen LogP contribution in [-0.4, -0.2) is 30.0 Å². The third kappa shape index (κ3) is 2.05. The number of allylic oxidation sites excluding steroid dienone is 2. The summed E-state index contributed by atoms with van der Waals surface area (Å²) in [5, 5.41) is 16.8. The van der Waals surface area contributed by atoms with Crippen LogP contribution in [0.25, 0.3) is 0 Å². The van der Waals surface area contributed by atoms with Crippen LogP contribution in [0, 0.1) is 5.41 Å². The Bertz CT molecular complexity index is 388. The molecule has 4 heteroatoms. The van der Waals surface area contributed by atoms with Crippen LogP contribution in [0.5, 0.6) is 0 Å². The Balaban J connectivity index is 2.18. The van der Waals surface area contributed by atoms with E-state index >= 15 is 0 Å². The van der Waals surface area contributed by atoms with Crippen molar-refractivity contribution in [3.63, 3.8) is 0 Å². The van der Waals surface area contributed by atoms with E-state index in [1.807, 2.05) is 0 Å². The lowest BCUT2D eigenvalue weighted by Gasteiger charge is -2.26. The molecule has 0 spiro atoms. The van der Waals surface area contributed by atoms with Crippen LogP contribution in [0.1, 0.15) is 12.8 Å². The number of nitrogens with zero attached hydrogens (tertiary/aromatic N) is 2. The first-order valence-electron chi connectivity index (χ1n) is 5.39. The molecule has 0 saturated heterocycles. The molecule has 0 aromatic carbocycles. The third-order valence-corrected chi connectivity index (χ3v) is 2.62. The van der Waals surface area contributed by atoms with E-state index < -0.39 is 0 Å². The molecule has 1 saturated carbocycles. The predicted molar refractivity (Wildman–Crippen MR) is 66.5 cm³/mol. The van der Waals surface area contributed by atoms with E-state index in [1.54, 1.807) is 17.3 Å². The van der Waals surface area contributed by atoms with Crippen molar-refractivity contribution in [2.45, 2.75) is 18.9 Å². The molecule has 0 unspecified atom stereocenters. The van der Waals surface area contributed by atoms with Gasteiger partial charge in [-0.25, -0.2) is 0 Å². The van der Waals surface area contributed by atoms with Crippen LogP contribution in [0.4, 0.5) is 0 Å². The maximum absolute atomic E-state index is 7.45. The van der Waals surface area contributed by atoms with Crippen molar-refractivity contribution < 1.29 is 0 Å². The fraction of sp³-hybridized carbons (Fsp3) is 0.333. The molecule has 0 radical (unpaired) electrons.